The van der Waals surface area contributed by atoms with Gasteiger partial charge in [0.25, 0.3) is 0 Å². The molecule has 0 rings (SSSR count). The fourth-order valence-electron chi connectivity index (χ4n) is 1.65. The van der Waals surface area contributed by atoms with Gasteiger partial charge in [0.1, 0.15) is 0 Å². The first-order valence-electron chi connectivity index (χ1n) is 5.39. The summed E-state index contributed by atoms with van der Waals surface area (Å²) in [5.74, 6) is 0. The van der Waals surface area contributed by atoms with E-state index in [1.807, 2.05) is 0 Å². The minimum atomic E-state index is 0.229. The van der Waals surface area contributed by atoms with Crippen molar-refractivity contribution in [3.63, 3.8) is 0 Å². The van der Waals surface area contributed by atoms with Crippen LogP contribution in [0.3, 0.4) is 0 Å². The van der Waals surface area contributed by atoms with Crippen LogP contribution in [0.5, 0.6) is 0 Å². The Morgan fingerprint density at radius 1 is 1.15 bits per heavy atom. The first kappa shape index (κ1) is 12.9. The largest absolute Gasteiger partial charge is 0.308 e. The Morgan fingerprint density at radius 3 is 1.92 bits per heavy atom. The van der Waals surface area contributed by atoms with E-state index >= 15 is 0 Å². The van der Waals surface area contributed by atoms with Gasteiger partial charge in [0.15, 0.2) is 0 Å². The van der Waals surface area contributed by atoms with Gasteiger partial charge in [-0.15, -0.1) is 0 Å². The minimum absolute atomic E-state index is 0.229. The lowest BCUT2D eigenvalue weighted by Crippen LogP contribution is -2.47. The third-order valence-corrected chi connectivity index (χ3v) is 2.11. The number of nitrogens with zero attached hydrogens (tertiary/aromatic N) is 1. The Bertz CT molecular complexity index is 123. The molecule has 1 atom stereocenters. The van der Waals surface area contributed by atoms with Crippen LogP contribution in [0.15, 0.2) is 0 Å². The van der Waals surface area contributed by atoms with Crippen molar-refractivity contribution in [2.45, 2.75) is 53.1 Å². The molecule has 0 saturated carbocycles. The highest BCUT2D eigenvalue weighted by molar-refractivity contribution is 4.77. The molecule has 13 heavy (non-hydrogen) atoms. The van der Waals surface area contributed by atoms with Crippen molar-refractivity contribution in [3.05, 3.63) is 0 Å². The number of hydrogen-bond acceptors (Lipinski definition) is 2. The molecule has 2 nitrogen and oxygen atoms in total. The molecule has 0 aromatic rings. The van der Waals surface area contributed by atoms with Crippen LogP contribution >= 0.6 is 0 Å². The molecule has 1 N–H and O–H groups in total. The van der Waals surface area contributed by atoms with Crippen LogP contribution in [0.4, 0.5) is 0 Å². The molecule has 0 aromatic carbocycles. The van der Waals surface area contributed by atoms with Crippen molar-refractivity contribution in [3.8, 4) is 0 Å². The number of hydrogen-bond donors (Lipinski definition) is 1. The zero-order valence-corrected chi connectivity index (χ0v) is 10.1. The zero-order chi connectivity index (χ0) is 10.5. The molecule has 0 bridgehead atoms. The lowest BCUT2D eigenvalue weighted by Gasteiger charge is -2.29. The molecule has 0 amide bonds. The predicted octanol–water partition coefficient (Wildman–Crippen LogP) is 2.10. The number of rotatable bonds is 5. The normalized spacial score (nSPS) is 15.0. The summed E-state index contributed by atoms with van der Waals surface area (Å²) in [5, 5.41) is 3.58. The highest BCUT2D eigenvalue weighted by Gasteiger charge is 2.14. The van der Waals surface area contributed by atoms with Crippen LogP contribution in [0.1, 0.15) is 41.5 Å². The second-order valence-corrected chi connectivity index (χ2v) is 4.78. The van der Waals surface area contributed by atoms with Crippen LogP contribution in [0.25, 0.3) is 0 Å². The highest BCUT2D eigenvalue weighted by Crippen LogP contribution is 2.02. The van der Waals surface area contributed by atoms with Gasteiger partial charge in [0.05, 0.1) is 0 Å². The van der Waals surface area contributed by atoms with E-state index in [9.17, 15) is 0 Å². The Hall–Kier alpha value is -0.0800. The van der Waals surface area contributed by atoms with E-state index in [0.29, 0.717) is 6.04 Å². The number of likely N-dealkylation sites (N-methyl/N-ethyl adjacent to an activating group) is 1. The van der Waals surface area contributed by atoms with Gasteiger partial charge in [0.2, 0.25) is 0 Å². The SMILES string of the molecule is CCN(CC)CC(C)NC(C)(C)C. The topological polar surface area (TPSA) is 15.3 Å². The maximum Gasteiger partial charge on any atom is 0.0171 e. The maximum absolute atomic E-state index is 3.58. The van der Waals surface area contributed by atoms with E-state index in [-0.39, 0.29) is 5.54 Å². The van der Waals surface area contributed by atoms with Gasteiger partial charge >= 0.3 is 0 Å². The molecule has 0 heterocycles. The summed E-state index contributed by atoms with van der Waals surface area (Å²) in [6.07, 6.45) is 0. The Labute approximate surface area is 83.7 Å². The zero-order valence-electron chi connectivity index (χ0n) is 10.1. The molecule has 0 fully saturated rings. The van der Waals surface area contributed by atoms with Crippen LogP contribution in [-0.2, 0) is 0 Å². The Morgan fingerprint density at radius 2 is 1.62 bits per heavy atom. The fourth-order valence-corrected chi connectivity index (χ4v) is 1.65. The molecule has 0 aliphatic carbocycles. The van der Waals surface area contributed by atoms with Gasteiger partial charge in [-0.2, -0.15) is 0 Å². The molecule has 0 aromatic heterocycles. The second kappa shape index (κ2) is 5.61. The van der Waals surface area contributed by atoms with Crippen LogP contribution in [-0.4, -0.2) is 36.1 Å². The Balaban J connectivity index is 3.79. The van der Waals surface area contributed by atoms with E-state index in [1.165, 1.54) is 0 Å². The third kappa shape index (κ3) is 7.03. The van der Waals surface area contributed by atoms with Crippen molar-refractivity contribution in [1.29, 1.82) is 0 Å². The van der Waals surface area contributed by atoms with E-state index in [4.69, 9.17) is 0 Å². The fraction of sp³-hybridized carbons (Fsp3) is 1.00. The van der Waals surface area contributed by atoms with Gasteiger partial charge in [-0.05, 0) is 40.8 Å². The first-order valence-corrected chi connectivity index (χ1v) is 5.39. The van der Waals surface area contributed by atoms with Gasteiger partial charge in [-0.1, -0.05) is 13.8 Å². The summed E-state index contributed by atoms with van der Waals surface area (Å²) >= 11 is 0. The lowest BCUT2D eigenvalue weighted by atomic mass is 10.1. The molecular formula is C11H26N2. The van der Waals surface area contributed by atoms with Crippen LogP contribution in [0.2, 0.25) is 0 Å². The van der Waals surface area contributed by atoms with E-state index in [2.05, 4.69) is 51.8 Å². The summed E-state index contributed by atoms with van der Waals surface area (Å²) in [5.41, 5.74) is 0.229. The maximum atomic E-state index is 3.58. The highest BCUT2D eigenvalue weighted by atomic mass is 15.1. The molecule has 0 aliphatic rings. The standard InChI is InChI=1S/C11H26N2/c1-7-13(8-2)9-10(3)12-11(4,5)6/h10,12H,7-9H2,1-6H3. The van der Waals surface area contributed by atoms with Crippen LogP contribution < -0.4 is 5.32 Å². The van der Waals surface area contributed by atoms with Crippen molar-refractivity contribution in [1.82, 2.24) is 10.2 Å². The monoisotopic (exact) mass is 186 g/mol. The molecule has 0 radical (unpaired) electrons. The van der Waals surface area contributed by atoms with Crippen molar-refractivity contribution < 1.29 is 0 Å². The van der Waals surface area contributed by atoms with Gasteiger partial charge < -0.3 is 10.2 Å². The molecular weight excluding hydrogens is 160 g/mol. The summed E-state index contributed by atoms with van der Waals surface area (Å²) in [6, 6.07) is 0.569. The lowest BCUT2D eigenvalue weighted by molar-refractivity contribution is 0.247. The smallest absolute Gasteiger partial charge is 0.0171 e. The second-order valence-electron chi connectivity index (χ2n) is 4.78. The average Bonchev–Trinajstić information content (AvgIpc) is 1.96. The van der Waals surface area contributed by atoms with Crippen molar-refractivity contribution >= 4 is 0 Å². The minimum Gasteiger partial charge on any atom is -0.308 e. The third-order valence-electron chi connectivity index (χ3n) is 2.11. The summed E-state index contributed by atoms with van der Waals surface area (Å²) in [7, 11) is 0. The van der Waals surface area contributed by atoms with Gasteiger partial charge in [0, 0.05) is 18.1 Å². The van der Waals surface area contributed by atoms with E-state index < -0.39 is 0 Å². The summed E-state index contributed by atoms with van der Waals surface area (Å²) in [4.78, 5) is 2.45. The molecule has 1 unspecified atom stereocenters. The molecule has 0 spiro atoms. The van der Waals surface area contributed by atoms with Crippen molar-refractivity contribution in [2.75, 3.05) is 19.6 Å². The molecule has 0 saturated heterocycles. The van der Waals surface area contributed by atoms with E-state index in [1.54, 1.807) is 0 Å². The van der Waals surface area contributed by atoms with Gasteiger partial charge in [-0.3, -0.25) is 0 Å². The summed E-state index contributed by atoms with van der Waals surface area (Å²) < 4.78 is 0. The van der Waals surface area contributed by atoms with E-state index in [0.717, 1.165) is 19.6 Å². The molecule has 0 aliphatic heterocycles. The quantitative estimate of drug-likeness (QED) is 0.707. The Kier molecular flexibility index (Phi) is 5.57. The average molecular weight is 186 g/mol. The molecule has 80 valence electrons. The number of nitrogens with one attached hydrogen (secondary N) is 1. The van der Waals surface area contributed by atoms with Crippen LogP contribution in [0, 0.1) is 0 Å². The predicted molar refractivity (Wildman–Crippen MR) is 60.1 cm³/mol. The van der Waals surface area contributed by atoms with Gasteiger partial charge in [-0.25, -0.2) is 0 Å². The summed E-state index contributed by atoms with van der Waals surface area (Å²) in [6.45, 7) is 16.8. The first-order chi connectivity index (χ1) is 5.89. The van der Waals surface area contributed by atoms with Crippen molar-refractivity contribution in [2.24, 2.45) is 0 Å². The molecule has 2 heteroatoms.